The van der Waals surface area contributed by atoms with E-state index in [1.54, 1.807) is 0 Å². The van der Waals surface area contributed by atoms with E-state index in [4.69, 9.17) is 0 Å². The molecule has 2 aliphatic heterocycles. The van der Waals surface area contributed by atoms with Gasteiger partial charge in [0.2, 0.25) is 17.0 Å². The van der Waals surface area contributed by atoms with Crippen LogP contribution in [0.2, 0.25) is 0 Å². The number of aliphatic hydroxyl groups excluding tert-OH is 1. The number of aromatic nitrogens is 2. The highest BCUT2D eigenvalue weighted by atomic mass is 32.1. The molecule has 3 aliphatic rings. The number of fused-ring (bicyclic) bond motifs is 1. The summed E-state index contributed by atoms with van der Waals surface area (Å²) in [4.78, 5) is 24.3. The Kier molecular flexibility index (Phi) is 4.51. The monoisotopic (exact) mass is 413 g/mol. The maximum absolute atomic E-state index is 13.6. The van der Waals surface area contributed by atoms with Gasteiger partial charge in [-0.2, -0.15) is 9.36 Å². The molecule has 0 bridgehead atoms. The Morgan fingerprint density at radius 3 is 2.66 bits per heavy atom. The van der Waals surface area contributed by atoms with Gasteiger partial charge in [0.25, 0.3) is 0 Å². The molecule has 3 atom stereocenters. The highest BCUT2D eigenvalue weighted by Gasteiger charge is 2.55. The Morgan fingerprint density at radius 2 is 2.03 bits per heavy atom. The number of hydrogen-bond donors (Lipinski definition) is 1. The van der Waals surface area contributed by atoms with Crippen molar-refractivity contribution in [3.05, 3.63) is 35.9 Å². The number of aliphatic hydroxyl groups is 1. The lowest BCUT2D eigenvalue weighted by molar-refractivity contribution is -0.143. The van der Waals surface area contributed by atoms with Gasteiger partial charge in [-0.15, -0.1) is 0 Å². The Balaban J connectivity index is 1.35. The third kappa shape index (κ3) is 3.18. The molecule has 8 heteroatoms. The average Bonchev–Trinajstić information content (AvgIpc) is 3.29. The zero-order valence-electron chi connectivity index (χ0n) is 16.9. The number of carbonyl (C=O) groups is 1. The van der Waals surface area contributed by atoms with Crippen molar-refractivity contribution >= 4 is 28.5 Å². The number of amides is 1. The van der Waals surface area contributed by atoms with Gasteiger partial charge in [0.05, 0.1) is 11.5 Å². The van der Waals surface area contributed by atoms with E-state index >= 15 is 0 Å². The van der Waals surface area contributed by atoms with Crippen LogP contribution in [0, 0.1) is 17.3 Å². The van der Waals surface area contributed by atoms with Crippen LogP contribution in [-0.4, -0.2) is 71.6 Å². The van der Waals surface area contributed by atoms with Gasteiger partial charge in [-0.1, -0.05) is 30.3 Å². The van der Waals surface area contributed by atoms with Gasteiger partial charge < -0.3 is 19.8 Å². The SMILES string of the molecule is CN(C)c1nsc(N2CC(Cc3ccccc3)(C(=O)N3C[C@@H]4C[C@@H](O)[C@@H]4C3)C2)n1. The van der Waals surface area contributed by atoms with Crippen LogP contribution in [0.4, 0.5) is 11.1 Å². The highest BCUT2D eigenvalue weighted by Crippen LogP contribution is 2.45. The van der Waals surface area contributed by atoms with Gasteiger partial charge in [-0.05, 0) is 24.3 Å². The van der Waals surface area contributed by atoms with Gasteiger partial charge in [0, 0.05) is 57.7 Å². The Morgan fingerprint density at radius 1 is 1.28 bits per heavy atom. The van der Waals surface area contributed by atoms with Crippen molar-refractivity contribution in [2.24, 2.45) is 17.3 Å². The lowest BCUT2D eigenvalue weighted by atomic mass is 9.73. The molecule has 0 radical (unpaired) electrons. The normalized spacial score (nSPS) is 27.2. The van der Waals surface area contributed by atoms with E-state index in [0.717, 1.165) is 24.5 Å². The molecule has 2 saturated heterocycles. The minimum Gasteiger partial charge on any atom is -0.393 e. The molecule has 5 rings (SSSR count). The fourth-order valence-electron chi connectivity index (χ4n) is 5.02. The predicted molar refractivity (Wildman–Crippen MR) is 113 cm³/mol. The zero-order chi connectivity index (χ0) is 20.2. The summed E-state index contributed by atoms with van der Waals surface area (Å²) in [5, 5.41) is 10.9. The second kappa shape index (κ2) is 6.95. The summed E-state index contributed by atoms with van der Waals surface area (Å²) in [6.45, 7) is 2.82. The van der Waals surface area contributed by atoms with Crippen molar-refractivity contribution in [1.82, 2.24) is 14.3 Å². The molecule has 29 heavy (non-hydrogen) atoms. The zero-order valence-corrected chi connectivity index (χ0v) is 17.7. The number of rotatable bonds is 5. The molecular formula is C21H27N5O2S. The van der Waals surface area contributed by atoms with Crippen LogP contribution < -0.4 is 9.80 Å². The van der Waals surface area contributed by atoms with E-state index in [9.17, 15) is 9.90 Å². The smallest absolute Gasteiger partial charge is 0.238 e. The van der Waals surface area contributed by atoms with Crippen LogP contribution in [0.3, 0.4) is 0 Å². The third-order valence-corrected chi connectivity index (χ3v) is 7.49. The first kappa shape index (κ1) is 18.8. The summed E-state index contributed by atoms with van der Waals surface area (Å²) in [6.07, 6.45) is 1.34. The average molecular weight is 414 g/mol. The van der Waals surface area contributed by atoms with Crippen molar-refractivity contribution in [1.29, 1.82) is 0 Å². The predicted octanol–water partition coefficient (Wildman–Crippen LogP) is 1.49. The van der Waals surface area contributed by atoms with Crippen molar-refractivity contribution in [2.75, 3.05) is 50.1 Å². The summed E-state index contributed by atoms with van der Waals surface area (Å²) in [6, 6.07) is 10.3. The molecular weight excluding hydrogens is 386 g/mol. The van der Waals surface area contributed by atoms with Crippen LogP contribution in [0.15, 0.2) is 30.3 Å². The molecule has 0 spiro atoms. The van der Waals surface area contributed by atoms with Gasteiger partial charge in [-0.3, -0.25) is 4.79 Å². The Bertz CT molecular complexity index is 895. The maximum Gasteiger partial charge on any atom is 0.238 e. The molecule has 1 N–H and O–H groups in total. The third-order valence-electron chi connectivity index (χ3n) is 6.72. The fraction of sp³-hybridized carbons (Fsp3) is 0.571. The summed E-state index contributed by atoms with van der Waals surface area (Å²) >= 11 is 1.39. The lowest BCUT2D eigenvalue weighted by Crippen LogP contribution is -2.65. The number of hydrogen-bond acceptors (Lipinski definition) is 7. The second-order valence-electron chi connectivity index (χ2n) is 9.01. The van der Waals surface area contributed by atoms with Crippen LogP contribution in [0.1, 0.15) is 12.0 Å². The molecule has 1 aliphatic carbocycles. The number of anilines is 2. The van der Waals surface area contributed by atoms with Crippen molar-refractivity contribution in [2.45, 2.75) is 18.9 Å². The Hall–Kier alpha value is -2.19. The van der Waals surface area contributed by atoms with E-state index in [1.165, 1.54) is 17.1 Å². The van der Waals surface area contributed by atoms with Crippen molar-refractivity contribution in [3.8, 4) is 0 Å². The van der Waals surface area contributed by atoms with Gasteiger partial charge in [-0.25, -0.2) is 0 Å². The maximum atomic E-state index is 13.6. The topological polar surface area (TPSA) is 72.8 Å². The Labute approximate surface area is 175 Å². The molecule has 1 aromatic heterocycles. The molecule has 0 unspecified atom stereocenters. The summed E-state index contributed by atoms with van der Waals surface area (Å²) < 4.78 is 4.40. The summed E-state index contributed by atoms with van der Waals surface area (Å²) in [5.41, 5.74) is 0.758. The summed E-state index contributed by atoms with van der Waals surface area (Å²) in [7, 11) is 3.86. The first-order valence-electron chi connectivity index (χ1n) is 10.2. The molecule has 154 valence electrons. The lowest BCUT2D eigenvalue weighted by Gasteiger charge is -2.50. The minimum atomic E-state index is -0.431. The molecule has 1 saturated carbocycles. The van der Waals surface area contributed by atoms with E-state index < -0.39 is 5.41 Å². The molecule has 1 aromatic carbocycles. The number of carbonyl (C=O) groups excluding carboxylic acids is 1. The van der Waals surface area contributed by atoms with Crippen LogP contribution in [-0.2, 0) is 11.2 Å². The van der Waals surface area contributed by atoms with Gasteiger partial charge in [0.1, 0.15) is 0 Å². The van der Waals surface area contributed by atoms with E-state index in [0.29, 0.717) is 31.5 Å². The molecule has 3 heterocycles. The van der Waals surface area contributed by atoms with Crippen LogP contribution in [0.5, 0.6) is 0 Å². The van der Waals surface area contributed by atoms with Crippen molar-refractivity contribution < 1.29 is 9.90 Å². The van der Waals surface area contributed by atoms with Crippen LogP contribution in [0.25, 0.3) is 0 Å². The largest absolute Gasteiger partial charge is 0.393 e. The molecule has 2 aromatic rings. The van der Waals surface area contributed by atoms with E-state index in [-0.39, 0.29) is 17.9 Å². The van der Waals surface area contributed by atoms with E-state index in [2.05, 4.69) is 26.4 Å². The molecule has 1 amide bonds. The highest BCUT2D eigenvalue weighted by molar-refractivity contribution is 7.10. The van der Waals surface area contributed by atoms with Crippen LogP contribution >= 0.6 is 11.5 Å². The fourth-order valence-corrected chi connectivity index (χ4v) is 5.75. The van der Waals surface area contributed by atoms with E-state index in [1.807, 2.05) is 42.1 Å². The number of nitrogens with zero attached hydrogens (tertiary/aromatic N) is 5. The quantitative estimate of drug-likeness (QED) is 0.801. The first-order chi connectivity index (χ1) is 13.9. The molecule has 3 fully saturated rings. The minimum absolute atomic E-state index is 0.230. The first-order valence-corrected chi connectivity index (χ1v) is 11.0. The standard InChI is InChI=1S/C21H27N5O2S/c1-24(2)19-22-20(29-23-19)26-12-21(13-26,9-14-6-4-3-5-7-14)18(28)25-10-15-8-17(27)16(15)11-25/h3-7,15-17,27H,8-13H2,1-2H3/t15-,16+,17+/m0/s1. The van der Waals surface area contributed by atoms with Crippen molar-refractivity contribution in [3.63, 3.8) is 0 Å². The number of likely N-dealkylation sites (tertiary alicyclic amines) is 1. The number of benzene rings is 1. The van der Waals surface area contributed by atoms with Gasteiger partial charge >= 0.3 is 0 Å². The molecule has 7 nitrogen and oxygen atoms in total. The second-order valence-corrected chi connectivity index (χ2v) is 9.74. The summed E-state index contributed by atoms with van der Waals surface area (Å²) in [5.74, 6) is 1.69. The van der Waals surface area contributed by atoms with Gasteiger partial charge in [0.15, 0.2) is 0 Å².